The summed E-state index contributed by atoms with van der Waals surface area (Å²) < 4.78 is 5.99. The monoisotopic (exact) mass is 153 g/mol. The van der Waals surface area contributed by atoms with Gasteiger partial charge >= 0.3 is 0 Å². The largest absolute Gasteiger partial charge is 0.371 e. The molecule has 3 aliphatic heterocycles. The quantitative estimate of drug-likeness (QED) is 0.555. The third-order valence-electron chi connectivity index (χ3n) is 3.87. The molecule has 3 fully saturated rings. The molecule has 0 radical (unpaired) electrons. The Kier molecular flexibility index (Phi) is 1.06. The van der Waals surface area contributed by atoms with Gasteiger partial charge < -0.3 is 10.1 Å². The first-order chi connectivity index (χ1) is 5.30. The van der Waals surface area contributed by atoms with Crippen molar-refractivity contribution in [1.29, 1.82) is 0 Å². The van der Waals surface area contributed by atoms with Crippen molar-refractivity contribution in [2.45, 2.75) is 31.5 Å². The van der Waals surface area contributed by atoms with Gasteiger partial charge in [0.25, 0.3) is 0 Å². The molecule has 0 aromatic rings. The lowest BCUT2D eigenvalue weighted by Crippen LogP contribution is -2.34. The zero-order valence-electron chi connectivity index (χ0n) is 6.97. The highest BCUT2D eigenvalue weighted by Gasteiger charge is 2.57. The highest BCUT2D eigenvalue weighted by molar-refractivity contribution is 5.08. The van der Waals surface area contributed by atoms with Crippen molar-refractivity contribution in [1.82, 2.24) is 5.32 Å². The van der Waals surface area contributed by atoms with Gasteiger partial charge in [-0.1, -0.05) is 0 Å². The summed E-state index contributed by atoms with van der Waals surface area (Å²) in [4.78, 5) is 0. The van der Waals surface area contributed by atoms with Crippen LogP contribution in [0.25, 0.3) is 0 Å². The maximum Gasteiger partial charge on any atom is 0.0703 e. The van der Waals surface area contributed by atoms with Crippen molar-refractivity contribution in [3.05, 3.63) is 0 Å². The van der Waals surface area contributed by atoms with Gasteiger partial charge in [0.15, 0.2) is 0 Å². The van der Waals surface area contributed by atoms with Crippen LogP contribution >= 0.6 is 0 Å². The van der Waals surface area contributed by atoms with E-state index in [2.05, 4.69) is 12.2 Å². The van der Waals surface area contributed by atoms with E-state index in [4.69, 9.17) is 4.74 Å². The number of fused-ring (bicyclic) bond motifs is 5. The number of rotatable bonds is 0. The lowest BCUT2D eigenvalue weighted by atomic mass is 9.75. The smallest absolute Gasteiger partial charge is 0.0703 e. The highest BCUT2D eigenvalue weighted by Crippen LogP contribution is 2.52. The van der Waals surface area contributed by atoms with Crippen LogP contribution in [-0.4, -0.2) is 24.8 Å². The molecule has 3 heterocycles. The molecule has 3 aliphatic rings. The van der Waals surface area contributed by atoms with Gasteiger partial charge in [-0.25, -0.2) is 0 Å². The second-order valence-electron chi connectivity index (χ2n) is 4.44. The first-order valence-corrected chi connectivity index (χ1v) is 4.68. The predicted molar refractivity (Wildman–Crippen MR) is 42.4 cm³/mol. The molecule has 0 amide bonds. The summed E-state index contributed by atoms with van der Waals surface area (Å²) in [5.41, 5.74) is 0.249. The lowest BCUT2D eigenvalue weighted by molar-refractivity contribution is 0.00527. The summed E-state index contributed by atoms with van der Waals surface area (Å²) >= 11 is 0. The van der Waals surface area contributed by atoms with Crippen molar-refractivity contribution in [2.75, 3.05) is 13.1 Å². The molecule has 62 valence electrons. The summed E-state index contributed by atoms with van der Waals surface area (Å²) in [6.07, 6.45) is 3.19. The molecule has 4 atom stereocenters. The minimum absolute atomic E-state index is 0.249. The van der Waals surface area contributed by atoms with Crippen LogP contribution in [0.4, 0.5) is 0 Å². The Bertz CT molecular complexity index is 194. The van der Waals surface area contributed by atoms with Gasteiger partial charge in [-0.15, -0.1) is 0 Å². The van der Waals surface area contributed by atoms with E-state index in [0.717, 1.165) is 11.8 Å². The van der Waals surface area contributed by atoms with E-state index in [9.17, 15) is 0 Å². The number of hydrogen-bond acceptors (Lipinski definition) is 2. The van der Waals surface area contributed by atoms with E-state index in [1.807, 2.05) is 0 Å². The topological polar surface area (TPSA) is 21.3 Å². The van der Waals surface area contributed by atoms with Gasteiger partial charge in [-0.2, -0.15) is 0 Å². The predicted octanol–water partition coefficient (Wildman–Crippen LogP) is 0.773. The molecule has 3 rings (SSSR count). The number of hydrogen-bond donors (Lipinski definition) is 1. The van der Waals surface area contributed by atoms with E-state index >= 15 is 0 Å². The number of ether oxygens (including phenoxy) is 1. The summed E-state index contributed by atoms with van der Waals surface area (Å²) in [5.74, 6) is 1.66. The van der Waals surface area contributed by atoms with Crippen LogP contribution in [0.2, 0.25) is 0 Å². The van der Waals surface area contributed by atoms with Crippen LogP contribution in [0.3, 0.4) is 0 Å². The molecule has 0 spiro atoms. The Labute approximate surface area is 67.3 Å². The van der Waals surface area contributed by atoms with Crippen molar-refractivity contribution >= 4 is 0 Å². The average Bonchev–Trinajstić information content (AvgIpc) is 2.53. The second kappa shape index (κ2) is 1.80. The zero-order valence-corrected chi connectivity index (χ0v) is 6.97. The van der Waals surface area contributed by atoms with Gasteiger partial charge in [0.05, 0.1) is 11.7 Å². The molecule has 2 bridgehead atoms. The first-order valence-electron chi connectivity index (χ1n) is 4.68. The van der Waals surface area contributed by atoms with Gasteiger partial charge in [0, 0.05) is 24.9 Å². The van der Waals surface area contributed by atoms with Crippen LogP contribution in [-0.2, 0) is 4.74 Å². The normalized spacial score (nSPS) is 60.3. The third kappa shape index (κ3) is 0.651. The van der Waals surface area contributed by atoms with Crippen LogP contribution in [0, 0.1) is 11.8 Å². The highest BCUT2D eigenvalue weighted by atomic mass is 16.5. The molecule has 11 heavy (non-hydrogen) atoms. The molecular formula is C9H15NO. The Hall–Kier alpha value is -0.0800. The minimum Gasteiger partial charge on any atom is -0.371 e. The van der Waals surface area contributed by atoms with Gasteiger partial charge in [0.1, 0.15) is 0 Å². The van der Waals surface area contributed by atoms with Crippen LogP contribution < -0.4 is 5.32 Å². The van der Waals surface area contributed by atoms with E-state index < -0.39 is 0 Å². The Morgan fingerprint density at radius 1 is 1.45 bits per heavy atom. The van der Waals surface area contributed by atoms with Crippen molar-refractivity contribution in [2.24, 2.45) is 11.8 Å². The third-order valence-corrected chi connectivity index (χ3v) is 3.87. The second-order valence-corrected chi connectivity index (χ2v) is 4.44. The summed E-state index contributed by atoms with van der Waals surface area (Å²) in [7, 11) is 0. The van der Waals surface area contributed by atoms with Crippen LogP contribution in [0.1, 0.15) is 19.8 Å². The molecule has 2 heteroatoms. The average molecular weight is 153 g/mol. The van der Waals surface area contributed by atoms with E-state index in [0.29, 0.717) is 6.10 Å². The van der Waals surface area contributed by atoms with E-state index in [1.165, 1.54) is 25.9 Å². The minimum atomic E-state index is 0.249. The molecule has 2 nitrogen and oxygen atoms in total. The summed E-state index contributed by atoms with van der Waals surface area (Å²) in [6, 6.07) is 0. The van der Waals surface area contributed by atoms with E-state index in [-0.39, 0.29) is 5.60 Å². The Balaban J connectivity index is 1.98. The van der Waals surface area contributed by atoms with Crippen molar-refractivity contribution < 1.29 is 4.74 Å². The molecule has 0 aromatic carbocycles. The summed E-state index contributed by atoms with van der Waals surface area (Å²) in [6.45, 7) is 4.69. The van der Waals surface area contributed by atoms with Gasteiger partial charge in [-0.3, -0.25) is 0 Å². The molecule has 3 saturated heterocycles. The SMILES string of the molecule is C[C@@]12CC[C@H](O1)[C@H]1CNC[C@@H]12. The zero-order chi connectivity index (χ0) is 7.47. The molecule has 1 N–H and O–H groups in total. The lowest BCUT2D eigenvalue weighted by Gasteiger charge is -2.27. The first kappa shape index (κ1) is 6.44. The molecule has 0 aromatic heterocycles. The summed E-state index contributed by atoms with van der Waals surface area (Å²) in [5, 5.41) is 3.47. The maximum absolute atomic E-state index is 5.99. The van der Waals surface area contributed by atoms with Crippen LogP contribution in [0.5, 0.6) is 0 Å². The molecule has 0 saturated carbocycles. The van der Waals surface area contributed by atoms with Gasteiger partial charge in [-0.05, 0) is 19.8 Å². The number of nitrogens with one attached hydrogen (secondary N) is 1. The molecule has 0 unspecified atom stereocenters. The van der Waals surface area contributed by atoms with E-state index in [1.54, 1.807) is 0 Å². The van der Waals surface area contributed by atoms with Crippen LogP contribution in [0.15, 0.2) is 0 Å². The van der Waals surface area contributed by atoms with Crippen molar-refractivity contribution in [3.8, 4) is 0 Å². The Morgan fingerprint density at radius 3 is 3.18 bits per heavy atom. The standard InChI is InChI=1S/C9H15NO/c1-9-3-2-8(11-9)6-4-10-5-7(6)9/h6-8,10H,2-5H2,1H3/t6-,7-,8-,9-/m0/s1. The molecule has 0 aliphatic carbocycles. The Morgan fingerprint density at radius 2 is 2.36 bits per heavy atom. The van der Waals surface area contributed by atoms with Crippen molar-refractivity contribution in [3.63, 3.8) is 0 Å². The fourth-order valence-corrected chi connectivity index (χ4v) is 3.23. The maximum atomic E-state index is 5.99. The fraction of sp³-hybridized carbons (Fsp3) is 1.00. The fourth-order valence-electron chi connectivity index (χ4n) is 3.23. The van der Waals surface area contributed by atoms with Gasteiger partial charge in [0.2, 0.25) is 0 Å². The molecular weight excluding hydrogens is 138 g/mol.